The molecule has 0 radical (unpaired) electrons. The largest absolute Gasteiger partial charge is 0.508 e. The highest BCUT2D eigenvalue weighted by Gasteiger charge is 2.27. The van der Waals surface area contributed by atoms with E-state index in [1.165, 1.54) is 36.9 Å². The molecule has 1 saturated carbocycles. The van der Waals surface area contributed by atoms with E-state index in [-0.39, 0.29) is 29.5 Å². The number of carbonyl (C=O) groups is 2. The fourth-order valence-corrected chi connectivity index (χ4v) is 5.08. The summed E-state index contributed by atoms with van der Waals surface area (Å²) < 4.78 is 15.3. The number of hydrogen-bond acceptors (Lipinski definition) is 5. The van der Waals surface area contributed by atoms with Gasteiger partial charge in [-0.1, -0.05) is 43.5 Å². The molecular weight excluding hydrogens is 475 g/mol. The van der Waals surface area contributed by atoms with Gasteiger partial charge in [-0.2, -0.15) is 5.10 Å². The number of carboxylic acids is 1. The molecule has 0 bridgehead atoms. The minimum atomic E-state index is -1.21. The Morgan fingerprint density at radius 2 is 1.84 bits per heavy atom. The number of nitrogens with zero attached hydrogens (tertiary/aromatic N) is 3. The van der Waals surface area contributed by atoms with Gasteiger partial charge in [-0.3, -0.25) is 4.79 Å². The van der Waals surface area contributed by atoms with Crippen molar-refractivity contribution in [2.75, 3.05) is 0 Å². The predicted molar refractivity (Wildman–Crippen MR) is 135 cm³/mol. The smallest absolute Gasteiger partial charge is 0.326 e. The van der Waals surface area contributed by atoms with Crippen LogP contribution >= 0.6 is 0 Å². The molecule has 37 heavy (non-hydrogen) atoms. The number of carbonyl (C=O) groups excluding carboxylic acids is 1. The number of fused-ring (bicyclic) bond motifs is 1. The van der Waals surface area contributed by atoms with Crippen molar-refractivity contribution in [1.82, 2.24) is 19.9 Å². The van der Waals surface area contributed by atoms with Gasteiger partial charge in [0, 0.05) is 24.1 Å². The molecule has 2 heterocycles. The lowest BCUT2D eigenvalue weighted by Crippen LogP contribution is -2.42. The quantitative estimate of drug-likeness (QED) is 0.337. The molecule has 1 aliphatic carbocycles. The van der Waals surface area contributed by atoms with Crippen LogP contribution in [0.3, 0.4) is 0 Å². The van der Waals surface area contributed by atoms with Gasteiger partial charge in [-0.25, -0.2) is 18.7 Å². The van der Waals surface area contributed by atoms with E-state index in [0.717, 1.165) is 42.5 Å². The summed E-state index contributed by atoms with van der Waals surface area (Å²) in [7, 11) is 0. The Balaban J connectivity index is 1.50. The van der Waals surface area contributed by atoms with E-state index in [9.17, 15) is 24.2 Å². The summed E-state index contributed by atoms with van der Waals surface area (Å²) in [4.78, 5) is 29.6. The summed E-state index contributed by atoms with van der Waals surface area (Å²) in [6.07, 6.45) is 8.38. The van der Waals surface area contributed by atoms with E-state index < -0.39 is 17.9 Å². The molecule has 4 aromatic rings. The average Bonchev–Trinajstić information content (AvgIpc) is 3.33. The topological polar surface area (TPSA) is 117 Å². The first kappa shape index (κ1) is 24.4. The van der Waals surface area contributed by atoms with E-state index in [2.05, 4.69) is 15.4 Å². The lowest BCUT2D eigenvalue weighted by Gasteiger charge is -2.25. The fourth-order valence-electron chi connectivity index (χ4n) is 5.08. The zero-order valence-corrected chi connectivity index (χ0v) is 20.1. The van der Waals surface area contributed by atoms with Crippen LogP contribution in [0.1, 0.15) is 59.6 Å². The molecule has 9 heteroatoms. The third kappa shape index (κ3) is 5.16. The maximum absolute atomic E-state index is 13.6. The van der Waals surface area contributed by atoms with Crippen molar-refractivity contribution in [3.8, 4) is 16.9 Å². The number of aromatic hydroxyl groups is 1. The third-order valence-corrected chi connectivity index (χ3v) is 6.91. The third-order valence-electron chi connectivity index (χ3n) is 6.91. The minimum absolute atomic E-state index is 0.00412. The van der Waals surface area contributed by atoms with Crippen molar-refractivity contribution in [3.63, 3.8) is 0 Å². The number of phenolic OH excluding ortho intramolecular Hbond substituents is 1. The van der Waals surface area contributed by atoms with Crippen molar-refractivity contribution in [3.05, 3.63) is 83.6 Å². The number of amides is 1. The highest BCUT2D eigenvalue weighted by Crippen LogP contribution is 2.38. The number of nitrogens with one attached hydrogen (secondary N) is 1. The van der Waals surface area contributed by atoms with E-state index in [1.54, 1.807) is 35.0 Å². The lowest BCUT2D eigenvalue weighted by molar-refractivity contribution is -0.139. The molecule has 1 unspecified atom stereocenters. The Bertz CT molecular complexity index is 1440. The number of hydrogen-bond donors (Lipinski definition) is 3. The van der Waals surface area contributed by atoms with E-state index in [1.807, 2.05) is 0 Å². The van der Waals surface area contributed by atoms with Crippen molar-refractivity contribution < 1.29 is 24.2 Å². The molecule has 0 spiro atoms. The summed E-state index contributed by atoms with van der Waals surface area (Å²) in [5.74, 6) is -1.89. The number of aromatic nitrogens is 3. The minimum Gasteiger partial charge on any atom is -0.508 e. The fraction of sp³-hybridized carbons (Fsp3) is 0.286. The van der Waals surface area contributed by atoms with Gasteiger partial charge in [-0.05, 0) is 48.2 Å². The number of benzene rings is 2. The number of phenols is 1. The van der Waals surface area contributed by atoms with Gasteiger partial charge < -0.3 is 15.5 Å². The first-order valence-corrected chi connectivity index (χ1v) is 12.3. The molecule has 5 rings (SSSR count). The maximum Gasteiger partial charge on any atom is 0.326 e. The first-order valence-electron chi connectivity index (χ1n) is 12.3. The van der Waals surface area contributed by atoms with Crippen LogP contribution < -0.4 is 5.32 Å². The normalized spacial score (nSPS) is 14.9. The van der Waals surface area contributed by atoms with Crippen LogP contribution in [0.15, 0.2) is 60.9 Å². The molecule has 190 valence electrons. The molecular formula is C28H27FN4O4. The van der Waals surface area contributed by atoms with Gasteiger partial charge in [0.05, 0.1) is 11.9 Å². The lowest BCUT2D eigenvalue weighted by atomic mass is 9.84. The Morgan fingerprint density at radius 3 is 2.54 bits per heavy atom. The van der Waals surface area contributed by atoms with Gasteiger partial charge in [0.25, 0.3) is 5.91 Å². The van der Waals surface area contributed by atoms with Gasteiger partial charge in [0.2, 0.25) is 0 Å². The zero-order valence-electron chi connectivity index (χ0n) is 20.1. The average molecular weight is 503 g/mol. The molecule has 2 aromatic heterocycles. The molecule has 8 nitrogen and oxygen atoms in total. The molecule has 1 atom stereocenters. The Morgan fingerprint density at radius 1 is 1.08 bits per heavy atom. The maximum atomic E-state index is 13.6. The second-order valence-electron chi connectivity index (χ2n) is 9.43. The molecule has 1 fully saturated rings. The molecule has 3 N–H and O–H groups in total. The summed E-state index contributed by atoms with van der Waals surface area (Å²) >= 11 is 0. The van der Waals surface area contributed by atoms with Gasteiger partial charge in [0.15, 0.2) is 5.65 Å². The second kappa shape index (κ2) is 10.4. The Hall–Kier alpha value is -4.27. The SMILES string of the molecule is O=C(NC(Cc1cccc(O)c1)C(=O)O)c1cnn2c(C3CCCCC3)c(-c3ccc(F)cc3)cnc12. The summed E-state index contributed by atoms with van der Waals surface area (Å²) in [5, 5.41) is 26.5. The predicted octanol–water partition coefficient (Wildman–Crippen LogP) is 4.71. The Kier molecular flexibility index (Phi) is 6.85. The Labute approximate surface area is 212 Å². The van der Waals surface area contributed by atoms with Crippen LogP contribution in [0, 0.1) is 5.82 Å². The van der Waals surface area contributed by atoms with Gasteiger partial charge in [0.1, 0.15) is 23.2 Å². The molecule has 2 aromatic carbocycles. The van der Waals surface area contributed by atoms with Crippen LogP contribution in [0.5, 0.6) is 5.75 Å². The molecule has 0 saturated heterocycles. The molecule has 1 amide bonds. The van der Waals surface area contributed by atoms with Crippen LogP contribution in [0.25, 0.3) is 16.8 Å². The second-order valence-corrected chi connectivity index (χ2v) is 9.43. The van der Waals surface area contributed by atoms with Crippen LogP contribution in [0.2, 0.25) is 0 Å². The number of halogens is 1. The first-order chi connectivity index (χ1) is 17.9. The van der Waals surface area contributed by atoms with Gasteiger partial charge in [-0.15, -0.1) is 0 Å². The van der Waals surface area contributed by atoms with Crippen molar-refractivity contribution in [1.29, 1.82) is 0 Å². The highest BCUT2D eigenvalue weighted by molar-refractivity contribution is 6.01. The molecule has 1 aliphatic rings. The standard InChI is InChI=1S/C28H27FN4O4/c29-20-11-9-18(10-12-20)22-15-30-26-23(16-31-33(26)25(22)19-6-2-1-3-7-19)27(35)32-24(28(36)37)14-17-5-4-8-21(34)13-17/h4-5,8-13,15-16,19,24,34H,1-3,6-7,14H2,(H,32,35)(H,36,37). The number of aliphatic carboxylic acids is 1. The number of rotatable bonds is 7. The van der Waals surface area contributed by atoms with Crippen molar-refractivity contribution >= 4 is 17.5 Å². The van der Waals surface area contributed by atoms with Gasteiger partial charge >= 0.3 is 5.97 Å². The number of carboxylic acid groups (broad SMARTS) is 1. The monoisotopic (exact) mass is 502 g/mol. The summed E-state index contributed by atoms with van der Waals surface area (Å²) in [5.41, 5.74) is 3.66. The van der Waals surface area contributed by atoms with Crippen molar-refractivity contribution in [2.24, 2.45) is 0 Å². The van der Waals surface area contributed by atoms with E-state index >= 15 is 0 Å². The van der Waals surface area contributed by atoms with Crippen LogP contribution in [-0.4, -0.2) is 42.7 Å². The van der Waals surface area contributed by atoms with E-state index in [4.69, 9.17) is 0 Å². The van der Waals surface area contributed by atoms with Crippen LogP contribution in [0.4, 0.5) is 4.39 Å². The summed E-state index contributed by atoms with van der Waals surface area (Å²) in [6, 6.07) is 11.3. The summed E-state index contributed by atoms with van der Waals surface area (Å²) in [6.45, 7) is 0. The van der Waals surface area contributed by atoms with Crippen molar-refractivity contribution in [2.45, 2.75) is 50.5 Å². The molecule has 0 aliphatic heterocycles. The van der Waals surface area contributed by atoms with Crippen LogP contribution in [-0.2, 0) is 11.2 Å². The highest BCUT2D eigenvalue weighted by atomic mass is 19.1. The zero-order chi connectivity index (χ0) is 25.9. The van der Waals surface area contributed by atoms with E-state index in [0.29, 0.717) is 11.2 Å².